The fourth-order valence-corrected chi connectivity index (χ4v) is 4.90. The Morgan fingerprint density at radius 1 is 1.38 bits per heavy atom. The number of thioether (sulfide) groups is 1. The zero-order chi connectivity index (χ0) is 15.1. The Kier molecular flexibility index (Phi) is 7.41. The number of nitrogens with one attached hydrogen (secondary N) is 1. The predicted octanol–water partition coefficient (Wildman–Crippen LogP) is 4.65. The molecule has 1 aliphatic rings. The summed E-state index contributed by atoms with van der Waals surface area (Å²) >= 11 is 5.74. The van der Waals surface area contributed by atoms with Crippen molar-refractivity contribution in [2.45, 2.75) is 50.3 Å². The van der Waals surface area contributed by atoms with Crippen molar-refractivity contribution in [1.82, 2.24) is 5.32 Å². The second kappa shape index (κ2) is 9.06. The topological polar surface area (TPSA) is 21.3 Å². The standard InChI is InChI=1S/C17H26BrNOS/c1-3-19-14(12-21-15-6-4-5-7-15)10-13-8-9-17(20-2)16(18)11-13/h8-9,11,14-15,19H,3-7,10,12H2,1-2H3. The molecule has 1 unspecified atom stereocenters. The van der Waals surface area contributed by atoms with Crippen LogP contribution in [0.15, 0.2) is 22.7 Å². The summed E-state index contributed by atoms with van der Waals surface area (Å²) in [5.74, 6) is 2.11. The van der Waals surface area contributed by atoms with Gasteiger partial charge in [-0.05, 0) is 59.4 Å². The van der Waals surface area contributed by atoms with Crippen LogP contribution in [0.25, 0.3) is 0 Å². The second-order valence-electron chi connectivity index (χ2n) is 5.67. The molecule has 0 aromatic heterocycles. The number of hydrogen-bond acceptors (Lipinski definition) is 3. The molecule has 1 aromatic carbocycles. The highest BCUT2D eigenvalue weighted by Crippen LogP contribution is 2.30. The fourth-order valence-electron chi connectivity index (χ4n) is 2.91. The summed E-state index contributed by atoms with van der Waals surface area (Å²) in [5, 5.41) is 4.53. The van der Waals surface area contributed by atoms with Crippen LogP contribution < -0.4 is 10.1 Å². The fraction of sp³-hybridized carbons (Fsp3) is 0.647. The van der Waals surface area contributed by atoms with E-state index in [9.17, 15) is 0 Å². The number of hydrogen-bond donors (Lipinski definition) is 1. The third kappa shape index (κ3) is 5.50. The summed E-state index contributed by atoms with van der Waals surface area (Å²) in [4.78, 5) is 0. The van der Waals surface area contributed by atoms with Crippen molar-refractivity contribution < 1.29 is 4.74 Å². The first kappa shape index (κ1) is 17.2. The molecule has 0 bridgehead atoms. The van der Waals surface area contributed by atoms with Crippen LogP contribution in [0.4, 0.5) is 0 Å². The summed E-state index contributed by atoms with van der Waals surface area (Å²) in [6, 6.07) is 6.96. The molecule has 2 nitrogen and oxygen atoms in total. The van der Waals surface area contributed by atoms with Gasteiger partial charge in [-0.1, -0.05) is 25.8 Å². The van der Waals surface area contributed by atoms with E-state index in [1.54, 1.807) is 7.11 Å². The Hall–Kier alpha value is -0.190. The molecule has 2 rings (SSSR count). The highest BCUT2D eigenvalue weighted by atomic mass is 79.9. The van der Waals surface area contributed by atoms with Crippen molar-refractivity contribution in [2.75, 3.05) is 19.4 Å². The Balaban J connectivity index is 1.90. The second-order valence-corrected chi connectivity index (χ2v) is 7.86. The van der Waals surface area contributed by atoms with Crippen LogP contribution in [0, 0.1) is 0 Å². The summed E-state index contributed by atoms with van der Waals surface area (Å²) in [5.41, 5.74) is 1.36. The molecule has 0 saturated heterocycles. The van der Waals surface area contributed by atoms with Crippen LogP contribution in [-0.2, 0) is 6.42 Å². The molecule has 0 radical (unpaired) electrons. The molecule has 0 aliphatic heterocycles. The molecule has 4 heteroatoms. The molecule has 21 heavy (non-hydrogen) atoms. The molecule has 0 amide bonds. The van der Waals surface area contributed by atoms with E-state index >= 15 is 0 Å². The summed E-state index contributed by atoms with van der Waals surface area (Å²) in [7, 11) is 1.71. The predicted molar refractivity (Wildman–Crippen MR) is 96.6 cm³/mol. The SMILES string of the molecule is CCNC(CSC1CCCC1)Cc1ccc(OC)c(Br)c1. The Bertz CT molecular complexity index is 435. The Morgan fingerprint density at radius 3 is 2.76 bits per heavy atom. The highest BCUT2D eigenvalue weighted by molar-refractivity contribution is 9.10. The summed E-state index contributed by atoms with van der Waals surface area (Å²) < 4.78 is 6.34. The van der Waals surface area contributed by atoms with Crippen molar-refractivity contribution >= 4 is 27.7 Å². The largest absolute Gasteiger partial charge is 0.496 e. The first-order valence-corrected chi connectivity index (χ1v) is 9.74. The quantitative estimate of drug-likeness (QED) is 0.718. The minimum Gasteiger partial charge on any atom is -0.496 e. The lowest BCUT2D eigenvalue weighted by Gasteiger charge is -2.20. The minimum atomic E-state index is 0.556. The van der Waals surface area contributed by atoms with E-state index in [0.29, 0.717) is 6.04 Å². The van der Waals surface area contributed by atoms with Crippen LogP contribution >= 0.6 is 27.7 Å². The molecule has 1 saturated carbocycles. The number of rotatable bonds is 8. The van der Waals surface area contributed by atoms with Gasteiger partial charge in [0.1, 0.15) is 5.75 Å². The molecule has 118 valence electrons. The average molecular weight is 372 g/mol. The van der Waals surface area contributed by atoms with Crippen LogP contribution in [0.2, 0.25) is 0 Å². The van der Waals surface area contributed by atoms with E-state index in [1.807, 2.05) is 6.07 Å². The van der Waals surface area contributed by atoms with Crippen LogP contribution in [-0.4, -0.2) is 30.7 Å². The van der Waals surface area contributed by atoms with Crippen molar-refractivity contribution in [3.63, 3.8) is 0 Å². The van der Waals surface area contributed by atoms with Gasteiger partial charge in [0.2, 0.25) is 0 Å². The van der Waals surface area contributed by atoms with E-state index in [0.717, 1.165) is 28.4 Å². The van der Waals surface area contributed by atoms with Gasteiger partial charge >= 0.3 is 0 Å². The smallest absolute Gasteiger partial charge is 0.133 e. The van der Waals surface area contributed by atoms with Gasteiger partial charge in [0, 0.05) is 17.0 Å². The summed E-state index contributed by atoms with van der Waals surface area (Å²) in [6.07, 6.45) is 6.76. The molecular formula is C17H26BrNOS. The van der Waals surface area contributed by atoms with Gasteiger partial charge in [-0.15, -0.1) is 0 Å². The van der Waals surface area contributed by atoms with Gasteiger partial charge in [0.15, 0.2) is 0 Å². The maximum absolute atomic E-state index is 5.30. The molecule has 1 aromatic rings. The van der Waals surface area contributed by atoms with Crippen LogP contribution in [0.3, 0.4) is 0 Å². The van der Waals surface area contributed by atoms with Crippen LogP contribution in [0.5, 0.6) is 5.75 Å². The Morgan fingerprint density at radius 2 is 2.14 bits per heavy atom. The van der Waals surface area contributed by atoms with E-state index in [1.165, 1.54) is 37.0 Å². The third-order valence-electron chi connectivity index (χ3n) is 4.03. The van der Waals surface area contributed by atoms with Gasteiger partial charge in [-0.3, -0.25) is 0 Å². The van der Waals surface area contributed by atoms with E-state index < -0.39 is 0 Å². The lowest BCUT2D eigenvalue weighted by molar-refractivity contribution is 0.412. The average Bonchev–Trinajstić information content (AvgIpc) is 2.98. The maximum Gasteiger partial charge on any atom is 0.133 e. The summed E-state index contributed by atoms with van der Waals surface area (Å²) in [6.45, 7) is 3.23. The first-order chi connectivity index (χ1) is 10.2. The molecule has 1 atom stereocenters. The van der Waals surface area contributed by atoms with Crippen molar-refractivity contribution in [1.29, 1.82) is 0 Å². The third-order valence-corrected chi connectivity index (χ3v) is 6.18. The van der Waals surface area contributed by atoms with Gasteiger partial charge in [-0.25, -0.2) is 0 Å². The first-order valence-electron chi connectivity index (χ1n) is 7.90. The highest BCUT2D eigenvalue weighted by Gasteiger charge is 2.18. The maximum atomic E-state index is 5.30. The Labute approximate surface area is 141 Å². The normalized spacial score (nSPS) is 17.1. The zero-order valence-corrected chi connectivity index (χ0v) is 15.4. The zero-order valence-electron chi connectivity index (χ0n) is 13.0. The molecule has 1 fully saturated rings. The lowest BCUT2D eigenvalue weighted by Crippen LogP contribution is -2.33. The van der Waals surface area contributed by atoms with Crippen molar-refractivity contribution in [3.05, 3.63) is 28.2 Å². The van der Waals surface area contributed by atoms with Gasteiger partial charge < -0.3 is 10.1 Å². The van der Waals surface area contributed by atoms with Crippen molar-refractivity contribution in [2.24, 2.45) is 0 Å². The van der Waals surface area contributed by atoms with Crippen molar-refractivity contribution in [3.8, 4) is 5.75 Å². The molecule has 0 heterocycles. The minimum absolute atomic E-state index is 0.556. The van der Waals surface area contributed by atoms with Gasteiger partial charge in [-0.2, -0.15) is 11.8 Å². The van der Waals surface area contributed by atoms with Crippen LogP contribution in [0.1, 0.15) is 38.2 Å². The number of ether oxygens (including phenoxy) is 1. The monoisotopic (exact) mass is 371 g/mol. The lowest BCUT2D eigenvalue weighted by atomic mass is 10.1. The molecular weight excluding hydrogens is 346 g/mol. The number of benzene rings is 1. The van der Waals surface area contributed by atoms with Gasteiger partial charge in [0.05, 0.1) is 11.6 Å². The molecule has 1 N–H and O–H groups in total. The number of methoxy groups -OCH3 is 1. The van der Waals surface area contributed by atoms with E-state index in [4.69, 9.17) is 4.74 Å². The number of likely N-dealkylation sites (N-methyl/N-ethyl adjacent to an activating group) is 1. The number of halogens is 1. The van der Waals surface area contributed by atoms with Gasteiger partial charge in [0.25, 0.3) is 0 Å². The van der Waals surface area contributed by atoms with E-state index in [2.05, 4.69) is 52.1 Å². The molecule has 0 spiro atoms. The molecule has 1 aliphatic carbocycles. The van der Waals surface area contributed by atoms with E-state index in [-0.39, 0.29) is 0 Å².